The van der Waals surface area contributed by atoms with Crippen LogP contribution < -0.4 is 5.32 Å². The molecule has 21 heteroatoms. The highest BCUT2D eigenvalue weighted by atomic mass is 16.7. The van der Waals surface area contributed by atoms with Crippen LogP contribution in [0.1, 0.15) is 104 Å². The van der Waals surface area contributed by atoms with Gasteiger partial charge in [0.25, 0.3) is 0 Å². The molecule has 76 heavy (non-hydrogen) atoms. The molecule has 21 nitrogen and oxygen atoms in total. The molecule has 13 N–H and O–H groups in total. The van der Waals surface area contributed by atoms with Crippen LogP contribution in [-0.4, -0.2) is 211 Å². The summed E-state index contributed by atoms with van der Waals surface area (Å²) in [6, 6.07) is 6.98. The van der Waals surface area contributed by atoms with E-state index in [-0.39, 0.29) is 42.3 Å². The van der Waals surface area contributed by atoms with Gasteiger partial charge in [0.15, 0.2) is 18.9 Å². The molecule has 3 saturated heterocycles. The van der Waals surface area contributed by atoms with E-state index in [1.165, 1.54) is 0 Å². The Bertz CT molecular complexity index is 2270. The smallest absolute Gasteiger partial charge is 0.340 e. The first-order valence-electron chi connectivity index (χ1n) is 27.2. The summed E-state index contributed by atoms with van der Waals surface area (Å²) in [4.78, 5) is 13.7. The number of hydrogen-bond donors (Lipinski definition) is 13. The first-order valence-corrected chi connectivity index (χ1v) is 27.2. The van der Waals surface area contributed by atoms with Gasteiger partial charge in [-0.15, -0.1) is 0 Å². The number of carbonyl (C=O) groups is 1. The lowest BCUT2D eigenvalue weighted by Gasteiger charge is -2.72. The lowest BCUT2D eigenvalue weighted by atomic mass is 9.33. The van der Waals surface area contributed by atoms with Gasteiger partial charge in [0.2, 0.25) is 0 Å². The quantitative estimate of drug-likeness (QED) is 0.0748. The van der Waals surface area contributed by atoms with Crippen LogP contribution in [0.2, 0.25) is 0 Å². The maximum Gasteiger partial charge on any atom is 0.340 e. The minimum atomic E-state index is -1.80. The molecule has 430 valence electrons. The Hall–Kier alpha value is -2.49. The number of fused-ring (bicyclic) bond motifs is 7. The summed E-state index contributed by atoms with van der Waals surface area (Å²) in [6.07, 6.45) is -19.6. The molecule has 4 saturated carbocycles. The molecule has 3 heterocycles. The van der Waals surface area contributed by atoms with Crippen molar-refractivity contribution in [3.63, 3.8) is 0 Å². The molecule has 0 unspecified atom stereocenters. The number of para-hydroxylation sites is 1. The molecule has 9 rings (SSSR count). The van der Waals surface area contributed by atoms with Crippen molar-refractivity contribution in [2.75, 3.05) is 38.8 Å². The maximum absolute atomic E-state index is 13.7. The van der Waals surface area contributed by atoms with Gasteiger partial charge in [0.1, 0.15) is 73.8 Å². The Labute approximate surface area is 444 Å². The second-order valence-electron chi connectivity index (χ2n) is 25.6. The van der Waals surface area contributed by atoms with Crippen molar-refractivity contribution in [2.24, 2.45) is 50.2 Å². The Morgan fingerprint density at radius 2 is 1.29 bits per heavy atom. The van der Waals surface area contributed by atoms with Crippen LogP contribution in [-0.2, 0) is 33.2 Å². The van der Waals surface area contributed by atoms with Crippen molar-refractivity contribution in [1.82, 2.24) is 0 Å². The Morgan fingerprint density at radius 1 is 0.684 bits per heavy atom. The molecule has 0 bridgehead atoms. The summed E-state index contributed by atoms with van der Waals surface area (Å²) in [5.41, 5.74) is -1.72. The van der Waals surface area contributed by atoms with Gasteiger partial charge in [-0.05, 0) is 102 Å². The number of rotatable bonds is 12. The SMILES string of the molecule is CNc1ccccc1C(=O)OC[C@@]12[C@@H](O)C[C@]3(C)C(=CC[C@@H]4[C@@]5(C)CC[C@H](O[C@@H]6O[C@H](CO[C@@H]7O[C@H](CO[C@@H]8OC[C@@H](O)[C@H](O)[C@H]8O)[C@@H](O)[C@H](O)[C@H]7O)[C@@H](O)[C@H](O)[C@H]6O)C(C)(C)[C@@H]5CC[C@]43C)[C@@H]1CC(C)(C)[C@@H](O)[C@@H]2O. The van der Waals surface area contributed by atoms with Crippen molar-refractivity contribution in [3.8, 4) is 0 Å². The number of benzene rings is 1. The Balaban J connectivity index is 0.894. The van der Waals surface area contributed by atoms with Crippen LogP contribution >= 0.6 is 0 Å². The van der Waals surface area contributed by atoms with Gasteiger partial charge in [-0.25, -0.2) is 4.79 Å². The van der Waals surface area contributed by atoms with Crippen molar-refractivity contribution in [2.45, 2.75) is 204 Å². The van der Waals surface area contributed by atoms with Crippen LogP contribution in [0, 0.1) is 50.2 Å². The normalized spacial score (nSPS) is 49.7. The van der Waals surface area contributed by atoms with Crippen LogP contribution in [0.4, 0.5) is 5.69 Å². The molecule has 3 aliphatic heterocycles. The molecule has 1 aromatic rings. The number of hydrogen-bond acceptors (Lipinski definition) is 21. The molecule has 0 spiro atoms. The summed E-state index contributed by atoms with van der Waals surface area (Å²) >= 11 is 0. The van der Waals surface area contributed by atoms with E-state index >= 15 is 0 Å². The topological polar surface area (TPSA) is 336 Å². The highest BCUT2D eigenvalue weighted by Gasteiger charge is 2.73. The number of ether oxygens (including phenoxy) is 7. The molecule has 0 aromatic heterocycles. The molecule has 5 aliphatic carbocycles. The van der Waals surface area contributed by atoms with E-state index in [1.807, 2.05) is 19.9 Å². The fraction of sp³-hybridized carbons (Fsp3) is 0.836. The molecular weight excluding hydrogens is 995 g/mol. The predicted octanol–water partition coefficient (Wildman–Crippen LogP) is 0.0718. The first-order chi connectivity index (χ1) is 35.6. The van der Waals surface area contributed by atoms with Gasteiger partial charge in [0.05, 0.1) is 55.2 Å². The molecule has 8 aliphatic rings. The van der Waals surface area contributed by atoms with E-state index in [1.54, 1.807) is 25.2 Å². The molecular formula is C55H85NO20. The summed E-state index contributed by atoms with van der Waals surface area (Å²) in [7, 11) is 1.71. The lowest BCUT2D eigenvalue weighted by molar-refractivity contribution is -0.348. The number of anilines is 1. The number of allylic oxidation sites excluding steroid dienone is 2. The number of aliphatic hydroxyl groups excluding tert-OH is 12. The summed E-state index contributed by atoms with van der Waals surface area (Å²) in [5.74, 6) is -0.776. The summed E-state index contributed by atoms with van der Waals surface area (Å²) in [5, 5.41) is 136. The Morgan fingerprint density at radius 3 is 1.95 bits per heavy atom. The largest absolute Gasteiger partial charge is 0.461 e. The average Bonchev–Trinajstić information content (AvgIpc) is 3.48. The summed E-state index contributed by atoms with van der Waals surface area (Å²) < 4.78 is 41.2. The van der Waals surface area contributed by atoms with Crippen molar-refractivity contribution in [1.29, 1.82) is 0 Å². The predicted molar refractivity (Wildman–Crippen MR) is 267 cm³/mol. The second kappa shape index (κ2) is 21.1. The highest BCUT2D eigenvalue weighted by molar-refractivity contribution is 5.95. The molecule has 1 aromatic carbocycles. The van der Waals surface area contributed by atoms with Crippen molar-refractivity contribution >= 4 is 11.7 Å². The van der Waals surface area contributed by atoms with E-state index in [2.05, 4.69) is 46.0 Å². The van der Waals surface area contributed by atoms with Crippen LogP contribution in [0.3, 0.4) is 0 Å². The number of esters is 1. The van der Waals surface area contributed by atoms with E-state index < -0.39 is 157 Å². The molecule has 0 radical (unpaired) electrons. The van der Waals surface area contributed by atoms with E-state index in [0.29, 0.717) is 24.1 Å². The van der Waals surface area contributed by atoms with Crippen LogP contribution in [0.5, 0.6) is 0 Å². The Kier molecular flexibility index (Phi) is 16.2. The van der Waals surface area contributed by atoms with Crippen LogP contribution in [0.25, 0.3) is 0 Å². The van der Waals surface area contributed by atoms with Crippen molar-refractivity contribution < 1.29 is 99.2 Å². The van der Waals surface area contributed by atoms with E-state index in [0.717, 1.165) is 31.3 Å². The first kappa shape index (κ1) is 58.2. The van der Waals surface area contributed by atoms with Gasteiger partial charge < -0.3 is 99.8 Å². The van der Waals surface area contributed by atoms with Gasteiger partial charge in [-0.3, -0.25) is 0 Å². The van der Waals surface area contributed by atoms with Crippen LogP contribution in [0.15, 0.2) is 35.9 Å². The zero-order valence-electron chi connectivity index (χ0n) is 44.9. The average molecular weight is 1080 g/mol. The van der Waals surface area contributed by atoms with Gasteiger partial charge in [0, 0.05) is 12.7 Å². The fourth-order valence-electron chi connectivity index (χ4n) is 16.1. The third-order valence-corrected chi connectivity index (χ3v) is 20.9. The third-order valence-electron chi connectivity index (χ3n) is 20.9. The summed E-state index contributed by atoms with van der Waals surface area (Å²) in [6.45, 7) is 13.4. The van der Waals surface area contributed by atoms with E-state index in [9.17, 15) is 66.1 Å². The highest BCUT2D eigenvalue weighted by Crippen LogP contribution is 2.76. The van der Waals surface area contributed by atoms with Gasteiger partial charge in [-0.1, -0.05) is 72.2 Å². The van der Waals surface area contributed by atoms with Gasteiger partial charge in [-0.2, -0.15) is 0 Å². The van der Waals surface area contributed by atoms with E-state index in [4.69, 9.17) is 33.2 Å². The number of carbonyl (C=O) groups excluding carboxylic acids is 1. The monoisotopic (exact) mass is 1080 g/mol. The standard InChI is InChI=1S/C55H85NO20/c1-50(2)19-27-26-13-14-33-52(5)17-16-35(76-49-43(66)40(63)38(61)31(75-49)23-72-48-42(65)39(62)37(60)30(74-48)22-71-47-41(64)36(59)29(57)21-70-47)51(3,4)32(52)15-18-53(33,6)54(26,7)20-34(58)55(27,45(68)44(50)67)24-73-46(69)25-11-9-10-12-28(25)56-8/h9-13,27,29-45,47-49,56-68H,14-24H2,1-8H3/t27-,29+,30+,31+,32-,33+,34-,35-,36-,37+,38+,39-,40-,41+,42+,43+,44-,45-,47-,48+,49-,52-,53+,54+,55-/m0/s1. The third kappa shape index (κ3) is 9.30. The number of nitrogens with one attached hydrogen (secondary N) is 1. The molecule has 7 fully saturated rings. The fourth-order valence-corrected chi connectivity index (χ4v) is 16.1. The van der Waals surface area contributed by atoms with Crippen molar-refractivity contribution in [3.05, 3.63) is 41.5 Å². The lowest BCUT2D eigenvalue weighted by Crippen LogP contribution is -2.71. The zero-order chi connectivity index (χ0) is 55.4. The molecule has 0 amide bonds. The second-order valence-corrected chi connectivity index (χ2v) is 25.6. The minimum absolute atomic E-state index is 0.0945. The number of aliphatic hydroxyl groups is 12. The maximum atomic E-state index is 13.7. The molecule has 25 atom stereocenters. The minimum Gasteiger partial charge on any atom is -0.461 e. The zero-order valence-corrected chi connectivity index (χ0v) is 44.9. The van der Waals surface area contributed by atoms with Gasteiger partial charge >= 0.3 is 5.97 Å².